The molecular weight excluding hydrogens is 357 g/mol. The number of alkyl halides is 1. The van der Waals surface area contributed by atoms with Crippen molar-refractivity contribution in [1.29, 1.82) is 0 Å². The number of hydrogen-bond donors (Lipinski definition) is 2. The van der Waals surface area contributed by atoms with Crippen molar-refractivity contribution in [3.05, 3.63) is 11.3 Å². The second-order valence-electron chi connectivity index (χ2n) is 5.04. The highest BCUT2D eigenvalue weighted by Gasteiger charge is 2.34. The summed E-state index contributed by atoms with van der Waals surface area (Å²) in [6, 6.07) is 0. The number of aliphatic imine (C=N–C) groups is 1. The van der Waals surface area contributed by atoms with Crippen molar-refractivity contribution in [1.82, 2.24) is 4.90 Å². The third-order valence-electron chi connectivity index (χ3n) is 3.76. The van der Waals surface area contributed by atoms with Crippen molar-refractivity contribution in [3.63, 3.8) is 0 Å². The van der Waals surface area contributed by atoms with E-state index in [0.29, 0.717) is 0 Å². The number of likely N-dealkylation sites (N-methyl/N-ethyl adjacent to an activating group) is 1. The SMILES string of the molecule is C=IC(C1=C(C)C(N)N(C)C=N1)C1CCC(CO)O1. The van der Waals surface area contributed by atoms with Gasteiger partial charge in [0.2, 0.25) is 0 Å². The van der Waals surface area contributed by atoms with Gasteiger partial charge in [-0.25, -0.2) is 4.99 Å². The van der Waals surface area contributed by atoms with Crippen molar-refractivity contribution >= 4 is 31.6 Å². The van der Waals surface area contributed by atoms with Gasteiger partial charge in [-0.05, 0) is 25.3 Å². The predicted octanol–water partition coefficient (Wildman–Crippen LogP) is 0.830. The summed E-state index contributed by atoms with van der Waals surface area (Å²) in [5.74, 6) is 0. The van der Waals surface area contributed by atoms with Crippen molar-refractivity contribution in [2.75, 3.05) is 13.7 Å². The van der Waals surface area contributed by atoms with Gasteiger partial charge in [0.15, 0.2) is 0 Å². The lowest BCUT2D eigenvalue weighted by molar-refractivity contribution is 0.0158. The summed E-state index contributed by atoms with van der Waals surface area (Å²) in [4.78, 5) is 6.46. The van der Waals surface area contributed by atoms with E-state index in [0.717, 1.165) is 24.1 Å². The molecule has 0 aromatic rings. The molecule has 19 heavy (non-hydrogen) atoms. The highest BCUT2D eigenvalue weighted by molar-refractivity contribution is 14.2. The zero-order valence-corrected chi connectivity index (χ0v) is 13.6. The summed E-state index contributed by atoms with van der Waals surface area (Å²) < 4.78 is 10.3. The molecule has 3 N–H and O–H groups in total. The molecule has 0 radical (unpaired) electrons. The highest BCUT2D eigenvalue weighted by atomic mass is 127. The van der Waals surface area contributed by atoms with Gasteiger partial charge in [0.05, 0.1) is 34.8 Å². The van der Waals surface area contributed by atoms with Crippen LogP contribution in [0.4, 0.5) is 0 Å². The van der Waals surface area contributed by atoms with E-state index in [1.807, 2.05) is 18.9 Å². The number of ether oxygens (including phenoxy) is 1. The first-order valence-electron chi connectivity index (χ1n) is 6.44. The molecule has 2 heterocycles. The van der Waals surface area contributed by atoms with Crippen LogP contribution in [0.1, 0.15) is 19.8 Å². The third kappa shape index (κ3) is 3.07. The fourth-order valence-electron chi connectivity index (χ4n) is 2.50. The maximum absolute atomic E-state index is 9.18. The molecule has 2 aliphatic heterocycles. The molecule has 0 bridgehead atoms. The molecule has 0 aliphatic carbocycles. The van der Waals surface area contributed by atoms with E-state index in [-0.39, 0.29) is 49.6 Å². The number of hydrogen-bond acceptors (Lipinski definition) is 5. The number of halogens is 1. The molecule has 0 amide bonds. The molecule has 0 aromatic carbocycles. The maximum atomic E-state index is 9.18. The van der Waals surface area contributed by atoms with Crippen molar-refractivity contribution in [2.45, 2.75) is 42.1 Å². The Balaban J connectivity index is 2.19. The van der Waals surface area contributed by atoms with Gasteiger partial charge in [0.1, 0.15) is 6.17 Å². The first kappa shape index (κ1) is 15.1. The molecule has 0 aromatic heterocycles. The zero-order chi connectivity index (χ0) is 14.0. The number of aliphatic hydroxyl groups is 1. The molecule has 6 heteroatoms. The fraction of sp³-hybridized carbons (Fsp3) is 0.692. The Bertz CT molecular complexity index is 411. The normalized spacial score (nSPS) is 33.1. The number of aliphatic hydroxyl groups excluding tert-OH is 1. The molecule has 2 rings (SSSR count). The van der Waals surface area contributed by atoms with Crippen molar-refractivity contribution in [3.8, 4) is 0 Å². The van der Waals surface area contributed by atoms with E-state index < -0.39 is 0 Å². The predicted molar refractivity (Wildman–Crippen MR) is 86.8 cm³/mol. The summed E-state index contributed by atoms with van der Waals surface area (Å²) in [6.45, 7) is 2.14. The summed E-state index contributed by atoms with van der Waals surface area (Å²) in [6.07, 6.45) is 3.69. The van der Waals surface area contributed by atoms with E-state index in [1.165, 1.54) is 0 Å². The molecule has 1 saturated heterocycles. The number of rotatable bonds is 4. The van der Waals surface area contributed by atoms with Crippen LogP contribution in [-0.2, 0) is 4.74 Å². The van der Waals surface area contributed by atoms with Crippen LogP contribution >= 0.6 is 20.7 Å². The van der Waals surface area contributed by atoms with E-state index in [2.05, 4.69) is 9.51 Å². The topological polar surface area (TPSA) is 71.1 Å². The smallest absolute Gasteiger partial charge is 0.101 e. The number of nitrogens with zero attached hydrogens (tertiary/aromatic N) is 2. The highest BCUT2D eigenvalue weighted by Crippen LogP contribution is 2.35. The second-order valence-corrected chi connectivity index (χ2v) is 7.26. The van der Waals surface area contributed by atoms with Crippen LogP contribution < -0.4 is 5.73 Å². The minimum Gasteiger partial charge on any atom is -0.394 e. The second kappa shape index (κ2) is 6.43. The summed E-state index contributed by atoms with van der Waals surface area (Å²) in [7, 11) is 1.93. The first-order chi connectivity index (χ1) is 9.08. The van der Waals surface area contributed by atoms with E-state index in [9.17, 15) is 5.11 Å². The molecule has 0 spiro atoms. The third-order valence-corrected chi connectivity index (χ3v) is 6.10. The van der Waals surface area contributed by atoms with Crippen LogP contribution in [-0.4, -0.2) is 56.8 Å². The first-order valence-corrected chi connectivity index (χ1v) is 9.21. The van der Waals surface area contributed by atoms with Gasteiger partial charge in [0, 0.05) is 7.05 Å². The largest absolute Gasteiger partial charge is 0.394 e. The fourth-order valence-corrected chi connectivity index (χ4v) is 4.67. The van der Waals surface area contributed by atoms with Crippen LogP contribution in [0.2, 0.25) is 0 Å². The Labute approximate surface area is 124 Å². The van der Waals surface area contributed by atoms with Gasteiger partial charge in [0.25, 0.3) is 0 Å². The molecule has 108 valence electrons. The molecule has 1 fully saturated rings. The minimum absolute atomic E-state index is 0.0205. The lowest BCUT2D eigenvalue weighted by Crippen LogP contribution is -2.43. The van der Waals surface area contributed by atoms with E-state index >= 15 is 0 Å². The van der Waals surface area contributed by atoms with Gasteiger partial charge in [-0.15, -0.1) is 20.7 Å². The Hall–Kier alpha value is -0.310. The van der Waals surface area contributed by atoms with Crippen molar-refractivity contribution < 1.29 is 9.84 Å². The van der Waals surface area contributed by atoms with Crippen molar-refractivity contribution in [2.24, 2.45) is 10.7 Å². The van der Waals surface area contributed by atoms with E-state index in [4.69, 9.17) is 10.5 Å². The molecule has 0 saturated carbocycles. The lowest BCUT2D eigenvalue weighted by atomic mass is 10.0. The van der Waals surface area contributed by atoms with Crippen LogP contribution in [0.5, 0.6) is 0 Å². The Morgan fingerprint density at radius 2 is 2.42 bits per heavy atom. The van der Waals surface area contributed by atoms with Crippen LogP contribution in [0.15, 0.2) is 16.3 Å². The maximum Gasteiger partial charge on any atom is 0.101 e. The Kier molecular flexibility index (Phi) is 5.10. The monoisotopic (exact) mass is 379 g/mol. The van der Waals surface area contributed by atoms with Crippen LogP contribution in [0.3, 0.4) is 0 Å². The zero-order valence-electron chi connectivity index (χ0n) is 11.4. The molecule has 5 nitrogen and oxygen atoms in total. The Morgan fingerprint density at radius 1 is 1.68 bits per heavy atom. The lowest BCUT2D eigenvalue weighted by Gasteiger charge is -2.31. The van der Waals surface area contributed by atoms with Gasteiger partial charge in [-0.1, -0.05) is 4.51 Å². The molecule has 2 aliphatic rings. The number of nitrogens with two attached hydrogens (primary N) is 1. The van der Waals surface area contributed by atoms with E-state index in [1.54, 1.807) is 6.34 Å². The summed E-state index contributed by atoms with van der Waals surface area (Å²) in [5, 5.41) is 9.18. The van der Waals surface area contributed by atoms with Gasteiger partial charge >= 0.3 is 0 Å². The summed E-state index contributed by atoms with van der Waals surface area (Å²) >= 11 is -0.285. The van der Waals surface area contributed by atoms with Gasteiger partial charge in [-0.2, -0.15) is 0 Å². The van der Waals surface area contributed by atoms with Gasteiger partial charge < -0.3 is 20.5 Å². The molecule has 4 atom stereocenters. The summed E-state index contributed by atoms with van der Waals surface area (Å²) in [5.41, 5.74) is 8.30. The quantitative estimate of drug-likeness (QED) is 0.561. The standard InChI is InChI=1S/C13H22IN3O2/c1-8-12(16-7-17(3)13(8)15)11(14-2)10-5-4-9(6-18)19-10/h7,9-11,13,18H,2,4-6,15H2,1,3H3. The molecule has 4 unspecified atom stereocenters. The average Bonchev–Trinajstić information content (AvgIpc) is 2.88. The average molecular weight is 379 g/mol. The van der Waals surface area contributed by atoms with Gasteiger partial charge in [-0.3, -0.25) is 0 Å². The minimum atomic E-state index is -0.285. The molecular formula is C13H22IN3O2. The van der Waals surface area contributed by atoms with Crippen LogP contribution in [0, 0.1) is 0 Å². The van der Waals surface area contributed by atoms with Crippen LogP contribution in [0.25, 0.3) is 0 Å². The Morgan fingerprint density at radius 3 is 3.00 bits per heavy atom.